The molecule has 1 heteroatoms. The lowest BCUT2D eigenvalue weighted by Gasteiger charge is -1.31. The van der Waals surface area contributed by atoms with Crippen molar-refractivity contribution in [1.82, 2.24) is 0 Å². The topological polar surface area (TPSA) is 23.9 Å². The number of nitrogens with one attached hydrogen (secondary N) is 1. The molecule has 0 saturated heterocycles. The third-order valence-corrected chi connectivity index (χ3v) is 0. The molecule has 1 nitrogen and oxygen atoms in total. The molecule has 0 aliphatic rings. The van der Waals surface area contributed by atoms with E-state index >= 15 is 0 Å². The first-order valence-corrected chi connectivity index (χ1v) is 3.85. The van der Waals surface area contributed by atoms with Crippen molar-refractivity contribution in [3.05, 3.63) is 12.7 Å². The molecule has 0 heterocycles. The monoisotopic (exact) mass is 145 g/mol. The average molecular weight is 145 g/mol. The van der Waals surface area contributed by atoms with Crippen LogP contribution >= 0.6 is 0 Å². The quantitative estimate of drug-likeness (QED) is 0.395. The minimum atomic E-state index is 1.25. The molecule has 1 N–H and O–H groups in total. The highest BCUT2D eigenvalue weighted by molar-refractivity contribution is 5.48. The van der Waals surface area contributed by atoms with Crippen LogP contribution < -0.4 is 0 Å². The maximum Gasteiger partial charge on any atom is -0.00788 e. The first-order chi connectivity index (χ1) is 4.83. The summed E-state index contributed by atoms with van der Waals surface area (Å²) in [4.78, 5) is 0. The van der Waals surface area contributed by atoms with Crippen molar-refractivity contribution in [1.29, 1.82) is 5.41 Å². The van der Waals surface area contributed by atoms with Gasteiger partial charge >= 0.3 is 0 Å². The highest BCUT2D eigenvalue weighted by atomic mass is 14.3. The molecular formula is C9H23N. The van der Waals surface area contributed by atoms with Crippen LogP contribution in [0.5, 0.6) is 0 Å². The second-order valence-corrected chi connectivity index (χ2v) is 0.697. The summed E-state index contributed by atoms with van der Waals surface area (Å²) in [5, 5.41) is 6.08. The molecule has 0 radical (unpaired) electrons. The highest BCUT2D eigenvalue weighted by Crippen LogP contribution is 1.38. The Morgan fingerprint density at radius 3 is 1.00 bits per heavy atom. The molecule has 0 saturated carbocycles. The molecule has 0 spiro atoms. The standard InChI is InChI=1S/C3H6.C2H5N.2C2H6/c1-3-2;1-2-3;2*1-2/h3H,1H2,2H3;2-3H,1H3;2*1-2H3. The van der Waals surface area contributed by atoms with Gasteiger partial charge in [0.05, 0.1) is 0 Å². The maximum absolute atomic E-state index is 6.08. The van der Waals surface area contributed by atoms with Crippen LogP contribution in [0.3, 0.4) is 0 Å². The summed E-state index contributed by atoms with van der Waals surface area (Å²) in [6.45, 7) is 14.9. The summed E-state index contributed by atoms with van der Waals surface area (Å²) in [7, 11) is 0. The second-order valence-electron chi connectivity index (χ2n) is 0.697. The van der Waals surface area contributed by atoms with Crippen LogP contribution in [0, 0.1) is 5.41 Å². The maximum atomic E-state index is 6.08. The summed E-state index contributed by atoms with van der Waals surface area (Å²) in [5.41, 5.74) is 0. The molecule has 0 bridgehead atoms. The van der Waals surface area contributed by atoms with E-state index in [-0.39, 0.29) is 0 Å². The Kier molecular flexibility index (Phi) is 528. The molecular weight excluding hydrogens is 122 g/mol. The summed E-state index contributed by atoms with van der Waals surface area (Å²) >= 11 is 0. The Morgan fingerprint density at radius 1 is 1.00 bits per heavy atom. The molecule has 0 aromatic carbocycles. The third kappa shape index (κ3) is 875. The summed E-state index contributed by atoms with van der Waals surface area (Å²) in [5.74, 6) is 0. The number of hydrogen-bond donors (Lipinski definition) is 1. The van der Waals surface area contributed by atoms with Gasteiger partial charge in [-0.15, -0.1) is 6.58 Å². The number of hydrogen-bond acceptors (Lipinski definition) is 1. The van der Waals surface area contributed by atoms with Gasteiger partial charge in [0.25, 0.3) is 0 Å². The van der Waals surface area contributed by atoms with Crippen LogP contribution in [-0.2, 0) is 0 Å². The summed E-state index contributed by atoms with van der Waals surface area (Å²) in [6, 6.07) is 0. The van der Waals surface area contributed by atoms with Crippen molar-refractivity contribution in [2.45, 2.75) is 41.5 Å². The lowest BCUT2D eigenvalue weighted by atomic mass is 10.8. The van der Waals surface area contributed by atoms with Gasteiger partial charge in [-0.1, -0.05) is 33.8 Å². The summed E-state index contributed by atoms with van der Waals surface area (Å²) < 4.78 is 0. The van der Waals surface area contributed by atoms with Crippen molar-refractivity contribution < 1.29 is 0 Å². The van der Waals surface area contributed by atoms with Crippen LogP contribution in [0.2, 0.25) is 0 Å². The molecule has 64 valence electrons. The number of rotatable bonds is 0. The van der Waals surface area contributed by atoms with Crippen molar-refractivity contribution in [2.75, 3.05) is 0 Å². The van der Waals surface area contributed by atoms with Crippen LogP contribution in [0.4, 0.5) is 0 Å². The zero-order valence-electron chi connectivity index (χ0n) is 8.36. The van der Waals surface area contributed by atoms with Gasteiger partial charge in [-0.25, -0.2) is 0 Å². The van der Waals surface area contributed by atoms with E-state index in [1.165, 1.54) is 6.21 Å². The van der Waals surface area contributed by atoms with Gasteiger partial charge in [0.15, 0.2) is 0 Å². The molecule has 0 aromatic rings. The van der Waals surface area contributed by atoms with E-state index in [0.29, 0.717) is 0 Å². The second kappa shape index (κ2) is 232. The lowest BCUT2D eigenvalue weighted by molar-refractivity contribution is 1.50. The normalized spacial score (nSPS) is 3.80. The van der Waals surface area contributed by atoms with Gasteiger partial charge < -0.3 is 5.41 Å². The molecule has 0 aliphatic carbocycles. The smallest absolute Gasteiger partial charge is 0.00788 e. The van der Waals surface area contributed by atoms with E-state index in [1.807, 2.05) is 34.6 Å². The fourth-order valence-electron chi connectivity index (χ4n) is 0. The molecule has 0 rings (SSSR count). The van der Waals surface area contributed by atoms with E-state index < -0.39 is 0 Å². The molecule has 0 aliphatic heterocycles. The Balaban J connectivity index is -0.0000000246. The Hall–Kier alpha value is -0.590. The van der Waals surface area contributed by atoms with Gasteiger partial charge in [0.1, 0.15) is 0 Å². The SMILES string of the molecule is C=CC.CC.CC.CC=N. The van der Waals surface area contributed by atoms with Crippen molar-refractivity contribution in [3.63, 3.8) is 0 Å². The molecule has 0 aromatic heterocycles. The average Bonchev–Trinajstić information content (AvgIpc) is 1.99. The van der Waals surface area contributed by atoms with Gasteiger partial charge in [0.2, 0.25) is 0 Å². The van der Waals surface area contributed by atoms with Crippen molar-refractivity contribution >= 4 is 6.21 Å². The fraction of sp³-hybridized carbons (Fsp3) is 0.667. The first kappa shape index (κ1) is 22.7. The highest BCUT2D eigenvalue weighted by Gasteiger charge is 1.17. The Labute approximate surface area is 66.7 Å². The van der Waals surface area contributed by atoms with E-state index in [9.17, 15) is 0 Å². The van der Waals surface area contributed by atoms with E-state index in [0.717, 1.165) is 0 Å². The van der Waals surface area contributed by atoms with Crippen molar-refractivity contribution in [2.24, 2.45) is 0 Å². The van der Waals surface area contributed by atoms with Gasteiger partial charge in [-0.3, -0.25) is 0 Å². The lowest BCUT2D eigenvalue weighted by Crippen LogP contribution is -1.32. The van der Waals surface area contributed by atoms with Crippen LogP contribution in [0.1, 0.15) is 41.5 Å². The van der Waals surface area contributed by atoms with Gasteiger partial charge in [-0.2, -0.15) is 0 Å². The minimum absolute atomic E-state index is 1.25. The molecule has 0 fully saturated rings. The van der Waals surface area contributed by atoms with Crippen molar-refractivity contribution in [3.8, 4) is 0 Å². The molecule has 10 heavy (non-hydrogen) atoms. The Bertz CT molecular complexity index is 25.7. The summed E-state index contributed by atoms with van der Waals surface area (Å²) in [6.07, 6.45) is 3.00. The molecule has 0 unspecified atom stereocenters. The fourth-order valence-corrected chi connectivity index (χ4v) is 0. The van der Waals surface area contributed by atoms with Gasteiger partial charge in [0, 0.05) is 0 Å². The number of allylic oxidation sites excluding steroid dienone is 1. The Morgan fingerprint density at radius 2 is 1.00 bits per heavy atom. The van der Waals surface area contributed by atoms with Crippen LogP contribution in [0.25, 0.3) is 0 Å². The predicted molar refractivity (Wildman–Crippen MR) is 53.0 cm³/mol. The minimum Gasteiger partial charge on any atom is -0.313 e. The third-order valence-electron chi connectivity index (χ3n) is 0. The van der Waals surface area contributed by atoms with E-state index in [2.05, 4.69) is 6.58 Å². The zero-order chi connectivity index (χ0) is 9.41. The first-order valence-electron chi connectivity index (χ1n) is 3.85. The predicted octanol–water partition coefficient (Wildman–Crippen LogP) is 3.90. The van der Waals surface area contributed by atoms with Crippen LogP contribution in [-0.4, -0.2) is 6.21 Å². The van der Waals surface area contributed by atoms with E-state index in [4.69, 9.17) is 5.41 Å². The largest absolute Gasteiger partial charge is 0.313 e. The van der Waals surface area contributed by atoms with Crippen LogP contribution in [0.15, 0.2) is 12.7 Å². The van der Waals surface area contributed by atoms with Gasteiger partial charge in [-0.05, 0) is 20.1 Å². The van der Waals surface area contributed by atoms with E-state index in [1.54, 1.807) is 13.0 Å². The molecule has 0 amide bonds. The molecule has 0 atom stereocenters. The zero-order valence-corrected chi connectivity index (χ0v) is 8.36.